The maximum Gasteiger partial charge on any atom is 0.242 e. The first kappa shape index (κ1) is 17.4. The second-order valence-electron chi connectivity index (χ2n) is 5.93. The predicted molar refractivity (Wildman–Crippen MR) is 98.2 cm³/mol. The lowest BCUT2D eigenvalue weighted by Crippen LogP contribution is -2.33. The van der Waals surface area contributed by atoms with Crippen LogP contribution in [0.15, 0.2) is 65.7 Å². The molecule has 1 atom stereocenters. The summed E-state index contributed by atoms with van der Waals surface area (Å²) in [5, 5.41) is 0.802. The molecule has 0 bridgehead atoms. The highest BCUT2D eigenvalue weighted by molar-refractivity contribution is 7.89. The highest BCUT2D eigenvalue weighted by Gasteiger charge is 2.19. The number of nitrogens with one attached hydrogen (secondary N) is 1. The SMILES string of the molecule is Cc1cnc2c(S(=O)(=O)NCC(C)Oc3ccccc3)cccc2c1. The predicted octanol–water partition coefficient (Wildman–Crippen LogP) is 3.29. The van der Waals surface area contributed by atoms with Gasteiger partial charge in [-0.2, -0.15) is 0 Å². The highest BCUT2D eigenvalue weighted by Crippen LogP contribution is 2.21. The second-order valence-corrected chi connectivity index (χ2v) is 7.67. The van der Waals surface area contributed by atoms with Gasteiger partial charge < -0.3 is 4.74 Å². The maximum atomic E-state index is 12.7. The summed E-state index contributed by atoms with van der Waals surface area (Å²) in [7, 11) is -3.68. The van der Waals surface area contributed by atoms with Gasteiger partial charge in [-0.25, -0.2) is 13.1 Å². The average molecular weight is 356 g/mol. The van der Waals surface area contributed by atoms with Crippen molar-refractivity contribution >= 4 is 20.9 Å². The average Bonchev–Trinajstić information content (AvgIpc) is 2.60. The number of para-hydroxylation sites is 2. The fourth-order valence-electron chi connectivity index (χ4n) is 2.54. The molecular formula is C19H20N2O3S. The zero-order chi connectivity index (χ0) is 17.9. The Morgan fingerprint density at radius 1 is 1.12 bits per heavy atom. The summed E-state index contributed by atoms with van der Waals surface area (Å²) in [6.45, 7) is 3.91. The Bertz CT molecular complexity index is 972. The molecule has 1 N–H and O–H groups in total. The molecule has 1 unspecified atom stereocenters. The summed E-state index contributed by atoms with van der Waals surface area (Å²) < 4.78 is 33.7. The highest BCUT2D eigenvalue weighted by atomic mass is 32.2. The molecule has 1 aromatic heterocycles. The Balaban J connectivity index is 1.76. The van der Waals surface area contributed by atoms with Crippen LogP contribution < -0.4 is 9.46 Å². The van der Waals surface area contributed by atoms with Crippen LogP contribution in [0.1, 0.15) is 12.5 Å². The number of rotatable bonds is 6. The van der Waals surface area contributed by atoms with Crippen LogP contribution in [0.5, 0.6) is 5.75 Å². The van der Waals surface area contributed by atoms with E-state index < -0.39 is 10.0 Å². The molecule has 3 rings (SSSR count). The standard InChI is InChI=1S/C19H20N2O3S/c1-14-11-16-7-6-10-18(19(16)20-12-14)25(22,23)21-13-15(2)24-17-8-4-3-5-9-17/h3-12,15,21H,13H2,1-2H3. The molecule has 0 radical (unpaired) electrons. The fraction of sp³-hybridized carbons (Fsp3) is 0.211. The van der Waals surface area contributed by atoms with E-state index in [0.29, 0.717) is 11.3 Å². The molecule has 0 saturated heterocycles. The topological polar surface area (TPSA) is 68.3 Å². The van der Waals surface area contributed by atoms with Crippen molar-refractivity contribution in [1.82, 2.24) is 9.71 Å². The first-order valence-electron chi connectivity index (χ1n) is 8.02. The van der Waals surface area contributed by atoms with E-state index in [-0.39, 0.29) is 17.5 Å². The molecule has 1 heterocycles. The van der Waals surface area contributed by atoms with Crippen LogP contribution in [0, 0.1) is 6.92 Å². The molecule has 0 saturated carbocycles. The maximum absolute atomic E-state index is 12.7. The molecule has 0 spiro atoms. The largest absolute Gasteiger partial charge is 0.489 e. The molecule has 0 aliphatic heterocycles. The smallest absolute Gasteiger partial charge is 0.242 e. The summed E-state index contributed by atoms with van der Waals surface area (Å²) in [5.41, 5.74) is 1.46. The van der Waals surface area contributed by atoms with Crippen molar-refractivity contribution in [1.29, 1.82) is 0 Å². The fourth-order valence-corrected chi connectivity index (χ4v) is 3.83. The summed E-state index contributed by atoms with van der Waals surface area (Å²) in [6, 6.07) is 16.4. The van der Waals surface area contributed by atoms with Crippen LogP contribution in [0.4, 0.5) is 0 Å². The van der Waals surface area contributed by atoms with Gasteiger partial charge in [0.2, 0.25) is 10.0 Å². The minimum atomic E-state index is -3.68. The van der Waals surface area contributed by atoms with Gasteiger partial charge in [-0.1, -0.05) is 30.3 Å². The van der Waals surface area contributed by atoms with Gasteiger partial charge in [0.25, 0.3) is 0 Å². The number of hydrogen-bond acceptors (Lipinski definition) is 4. The molecule has 0 aliphatic carbocycles. The van der Waals surface area contributed by atoms with Crippen LogP contribution in [0.3, 0.4) is 0 Å². The van der Waals surface area contributed by atoms with E-state index in [0.717, 1.165) is 10.9 Å². The van der Waals surface area contributed by atoms with Crippen LogP contribution in [-0.4, -0.2) is 26.1 Å². The molecule has 25 heavy (non-hydrogen) atoms. The van der Waals surface area contributed by atoms with Gasteiger partial charge in [0.15, 0.2) is 0 Å². The van der Waals surface area contributed by atoms with Crippen LogP contribution in [0.2, 0.25) is 0 Å². The van der Waals surface area contributed by atoms with Gasteiger partial charge in [-0.3, -0.25) is 4.98 Å². The molecule has 0 aliphatic rings. The first-order chi connectivity index (χ1) is 12.0. The van der Waals surface area contributed by atoms with Crippen molar-refractivity contribution < 1.29 is 13.2 Å². The van der Waals surface area contributed by atoms with E-state index in [1.165, 1.54) is 0 Å². The van der Waals surface area contributed by atoms with Gasteiger partial charge in [0.05, 0.1) is 5.52 Å². The lowest BCUT2D eigenvalue weighted by atomic mass is 10.2. The van der Waals surface area contributed by atoms with Crippen LogP contribution >= 0.6 is 0 Å². The summed E-state index contributed by atoms with van der Waals surface area (Å²) >= 11 is 0. The van der Waals surface area contributed by atoms with Gasteiger partial charge in [-0.05, 0) is 43.7 Å². The van der Waals surface area contributed by atoms with E-state index in [1.807, 2.05) is 56.3 Å². The molecule has 3 aromatic rings. The van der Waals surface area contributed by atoms with Gasteiger partial charge in [0, 0.05) is 18.1 Å². The van der Waals surface area contributed by atoms with Crippen LogP contribution in [-0.2, 0) is 10.0 Å². The second kappa shape index (κ2) is 7.21. The zero-order valence-electron chi connectivity index (χ0n) is 14.1. The number of sulfonamides is 1. The van der Waals surface area contributed by atoms with Crippen molar-refractivity contribution in [2.75, 3.05) is 6.54 Å². The number of aromatic nitrogens is 1. The van der Waals surface area contributed by atoms with E-state index in [4.69, 9.17) is 4.74 Å². The number of fused-ring (bicyclic) bond motifs is 1. The van der Waals surface area contributed by atoms with Crippen molar-refractivity contribution in [2.24, 2.45) is 0 Å². The van der Waals surface area contributed by atoms with Gasteiger partial charge in [-0.15, -0.1) is 0 Å². The normalized spacial score (nSPS) is 12.9. The zero-order valence-corrected chi connectivity index (χ0v) is 15.0. The minimum Gasteiger partial charge on any atom is -0.489 e. The van der Waals surface area contributed by atoms with E-state index in [2.05, 4.69) is 9.71 Å². The lowest BCUT2D eigenvalue weighted by molar-refractivity contribution is 0.225. The Kier molecular flexibility index (Phi) is 5.01. The van der Waals surface area contributed by atoms with Crippen LogP contribution in [0.25, 0.3) is 10.9 Å². The Morgan fingerprint density at radius 2 is 1.88 bits per heavy atom. The minimum absolute atomic E-state index is 0.166. The molecule has 2 aromatic carbocycles. The number of aryl methyl sites for hydroxylation is 1. The number of pyridine rings is 1. The lowest BCUT2D eigenvalue weighted by Gasteiger charge is -2.16. The first-order valence-corrected chi connectivity index (χ1v) is 9.51. The Morgan fingerprint density at radius 3 is 2.64 bits per heavy atom. The quantitative estimate of drug-likeness (QED) is 0.736. The van der Waals surface area contributed by atoms with E-state index >= 15 is 0 Å². The summed E-state index contributed by atoms with van der Waals surface area (Å²) in [4.78, 5) is 4.47. The van der Waals surface area contributed by atoms with Crippen molar-refractivity contribution in [2.45, 2.75) is 24.8 Å². The molecule has 6 heteroatoms. The number of ether oxygens (including phenoxy) is 1. The Labute approximate surface area is 147 Å². The third-order valence-electron chi connectivity index (χ3n) is 3.74. The summed E-state index contributed by atoms with van der Waals surface area (Å²) in [5.74, 6) is 0.705. The van der Waals surface area contributed by atoms with Gasteiger partial charge in [0.1, 0.15) is 16.7 Å². The molecular weight excluding hydrogens is 336 g/mol. The molecule has 0 fully saturated rings. The molecule has 5 nitrogen and oxygen atoms in total. The van der Waals surface area contributed by atoms with E-state index in [9.17, 15) is 8.42 Å². The van der Waals surface area contributed by atoms with Crippen molar-refractivity contribution in [3.8, 4) is 5.75 Å². The summed E-state index contributed by atoms with van der Waals surface area (Å²) in [6.07, 6.45) is 1.37. The van der Waals surface area contributed by atoms with Gasteiger partial charge >= 0.3 is 0 Å². The third kappa shape index (κ3) is 4.15. The molecule has 130 valence electrons. The van der Waals surface area contributed by atoms with E-state index in [1.54, 1.807) is 18.3 Å². The van der Waals surface area contributed by atoms with Crippen molar-refractivity contribution in [3.63, 3.8) is 0 Å². The molecule has 0 amide bonds. The number of benzene rings is 2. The monoisotopic (exact) mass is 356 g/mol. The number of hydrogen-bond donors (Lipinski definition) is 1. The number of nitrogens with zero attached hydrogens (tertiary/aromatic N) is 1. The van der Waals surface area contributed by atoms with Crippen molar-refractivity contribution in [3.05, 3.63) is 66.4 Å². The Hall–Kier alpha value is -2.44. The third-order valence-corrected chi connectivity index (χ3v) is 5.20.